The van der Waals surface area contributed by atoms with Crippen molar-refractivity contribution in [3.63, 3.8) is 0 Å². The van der Waals surface area contributed by atoms with Crippen LogP contribution in [0.5, 0.6) is 0 Å². The van der Waals surface area contributed by atoms with Crippen LogP contribution in [0.4, 0.5) is 5.69 Å². The minimum absolute atomic E-state index is 0.347. The van der Waals surface area contributed by atoms with Crippen LogP contribution in [0.15, 0.2) is 82.6 Å². The minimum Gasteiger partial charge on any atom is -0.264 e. The summed E-state index contributed by atoms with van der Waals surface area (Å²) in [5, 5.41) is 2.09. The Kier molecular flexibility index (Phi) is 5.27. The van der Waals surface area contributed by atoms with Crippen molar-refractivity contribution >= 4 is 27.0 Å². The van der Waals surface area contributed by atoms with Crippen molar-refractivity contribution in [1.29, 1.82) is 0 Å². The first-order valence-corrected chi connectivity index (χ1v) is 13.3. The first-order valence-electron chi connectivity index (χ1n) is 10.9. The molecule has 5 heteroatoms. The fraction of sp³-hybridized carbons (Fsp3) is 0.308. The number of rotatable bonds is 4. The molecule has 1 saturated carbocycles. The van der Waals surface area contributed by atoms with E-state index in [0.717, 1.165) is 29.7 Å². The van der Waals surface area contributed by atoms with Gasteiger partial charge in [0.25, 0.3) is 10.0 Å². The van der Waals surface area contributed by atoms with Gasteiger partial charge in [0.05, 0.1) is 22.5 Å². The van der Waals surface area contributed by atoms with Gasteiger partial charge >= 0.3 is 0 Å². The molecule has 0 saturated heterocycles. The lowest BCUT2D eigenvalue weighted by atomic mass is 9.77. The zero-order valence-electron chi connectivity index (χ0n) is 17.8. The van der Waals surface area contributed by atoms with Gasteiger partial charge in [-0.25, -0.2) is 8.42 Å². The largest absolute Gasteiger partial charge is 0.264 e. The highest BCUT2D eigenvalue weighted by atomic mass is 32.2. The molecule has 1 fully saturated rings. The molecule has 0 amide bonds. The highest BCUT2D eigenvalue weighted by Crippen LogP contribution is 2.50. The number of sulfonamides is 1. The van der Waals surface area contributed by atoms with Crippen molar-refractivity contribution < 1.29 is 8.42 Å². The van der Waals surface area contributed by atoms with Crippen LogP contribution in [0.1, 0.15) is 48.1 Å². The average molecular weight is 450 g/mol. The number of thiophene rings is 1. The molecule has 1 aromatic heterocycles. The van der Waals surface area contributed by atoms with Gasteiger partial charge in [0.2, 0.25) is 0 Å². The summed E-state index contributed by atoms with van der Waals surface area (Å²) in [5.74, 6) is 0. The quantitative estimate of drug-likeness (QED) is 0.430. The molecule has 31 heavy (non-hydrogen) atoms. The Hall–Kier alpha value is -2.37. The molecule has 2 aromatic carbocycles. The van der Waals surface area contributed by atoms with Gasteiger partial charge in [0, 0.05) is 4.88 Å². The van der Waals surface area contributed by atoms with E-state index in [1.807, 2.05) is 37.3 Å². The molecule has 2 aliphatic rings. The highest BCUT2D eigenvalue weighted by Gasteiger charge is 2.47. The molecule has 0 radical (unpaired) electrons. The second-order valence-electron chi connectivity index (χ2n) is 8.65. The average Bonchev–Trinajstić information content (AvgIpc) is 3.43. The van der Waals surface area contributed by atoms with Crippen molar-refractivity contribution in [2.75, 3.05) is 10.8 Å². The van der Waals surface area contributed by atoms with Gasteiger partial charge in [-0.05, 0) is 67.8 Å². The maximum absolute atomic E-state index is 13.8. The van der Waals surface area contributed by atoms with Gasteiger partial charge in [-0.1, -0.05) is 60.0 Å². The maximum atomic E-state index is 13.8. The first kappa shape index (κ1) is 20.5. The molecule has 5 rings (SSSR count). The standard InChI is InChI=1S/C26H27NO2S2/c1-20-13-15-22(16-14-20)31(28,29)27-19-26(25-12-7-17-30-25,18-21-8-3-2-4-9-21)23-10-5-6-11-24(23)27/h5-7,10-18H,2-4,8-9,19H2,1H3. The van der Waals surface area contributed by atoms with Crippen molar-refractivity contribution in [3.8, 4) is 0 Å². The molecule has 0 N–H and O–H groups in total. The predicted molar refractivity (Wildman–Crippen MR) is 128 cm³/mol. The van der Waals surface area contributed by atoms with Crippen molar-refractivity contribution in [1.82, 2.24) is 0 Å². The number of nitrogens with zero attached hydrogens (tertiary/aromatic N) is 1. The van der Waals surface area contributed by atoms with E-state index in [4.69, 9.17) is 0 Å². The van der Waals surface area contributed by atoms with E-state index >= 15 is 0 Å². The van der Waals surface area contributed by atoms with Crippen LogP contribution in [0.25, 0.3) is 0 Å². The lowest BCUT2D eigenvalue weighted by molar-refractivity contribution is 0.576. The van der Waals surface area contributed by atoms with E-state index < -0.39 is 15.4 Å². The fourth-order valence-electron chi connectivity index (χ4n) is 4.95. The fourth-order valence-corrected chi connectivity index (χ4v) is 7.38. The van der Waals surface area contributed by atoms with Crippen LogP contribution < -0.4 is 4.31 Å². The summed E-state index contributed by atoms with van der Waals surface area (Å²) < 4.78 is 29.2. The van der Waals surface area contributed by atoms with Gasteiger partial charge in [-0.15, -0.1) is 11.3 Å². The summed E-state index contributed by atoms with van der Waals surface area (Å²) in [7, 11) is -3.66. The molecule has 1 unspecified atom stereocenters. The summed E-state index contributed by atoms with van der Waals surface area (Å²) in [6, 6.07) is 19.4. The van der Waals surface area contributed by atoms with E-state index in [2.05, 4.69) is 29.7 Å². The summed E-state index contributed by atoms with van der Waals surface area (Å²) in [6.45, 7) is 2.38. The smallest absolute Gasteiger partial charge is 0.264 e. The van der Waals surface area contributed by atoms with Gasteiger partial charge in [0.15, 0.2) is 0 Å². The third-order valence-corrected chi connectivity index (χ3v) is 9.38. The number of allylic oxidation sites excluding steroid dienone is 1. The maximum Gasteiger partial charge on any atom is 0.264 e. The molecular weight excluding hydrogens is 422 g/mol. The van der Waals surface area contributed by atoms with E-state index in [1.165, 1.54) is 29.7 Å². The van der Waals surface area contributed by atoms with Gasteiger partial charge in [0.1, 0.15) is 0 Å². The zero-order chi connectivity index (χ0) is 21.5. The van der Waals surface area contributed by atoms with Crippen LogP contribution in [-0.2, 0) is 15.4 Å². The summed E-state index contributed by atoms with van der Waals surface area (Å²) >= 11 is 1.72. The van der Waals surface area contributed by atoms with Crippen LogP contribution in [-0.4, -0.2) is 15.0 Å². The van der Waals surface area contributed by atoms with Crippen LogP contribution in [0, 0.1) is 6.92 Å². The van der Waals surface area contributed by atoms with Gasteiger partial charge in [-0.2, -0.15) is 0 Å². The molecule has 3 aromatic rings. The van der Waals surface area contributed by atoms with E-state index in [-0.39, 0.29) is 0 Å². The van der Waals surface area contributed by atoms with E-state index in [0.29, 0.717) is 11.4 Å². The molecule has 160 valence electrons. The van der Waals surface area contributed by atoms with Crippen molar-refractivity contribution in [2.24, 2.45) is 0 Å². The Morgan fingerprint density at radius 3 is 2.39 bits per heavy atom. The SMILES string of the molecule is Cc1ccc(S(=O)(=O)N2CC(C=C3CCCCC3)(c3cccs3)c3ccccc32)cc1. The number of hydrogen-bond donors (Lipinski definition) is 0. The Labute approximate surface area is 189 Å². The summed E-state index contributed by atoms with van der Waals surface area (Å²) in [5.41, 5.74) is 3.96. The van der Waals surface area contributed by atoms with Crippen LogP contribution in [0.3, 0.4) is 0 Å². The number of fused-ring (bicyclic) bond motifs is 1. The van der Waals surface area contributed by atoms with Crippen molar-refractivity contribution in [3.05, 3.63) is 93.7 Å². The molecule has 0 spiro atoms. The number of anilines is 1. The lowest BCUT2D eigenvalue weighted by Crippen LogP contribution is -2.36. The second kappa shape index (κ2) is 7.95. The predicted octanol–water partition coefficient (Wildman–Crippen LogP) is 6.44. The van der Waals surface area contributed by atoms with Crippen LogP contribution >= 0.6 is 11.3 Å². The Morgan fingerprint density at radius 2 is 1.68 bits per heavy atom. The Bertz CT molecular complexity index is 1200. The minimum atomic E-state index is -3.66. The first-order chi connectivity index (χ1) is 15.0. The third kappa shape index (κ3) is 3.54. The topological polar surface area (TPSA) is 37.4 Å². The molecule has 1 atom stereocenters. The Morgan fingerprint density at radius 1 is 0.935 bits per heavy atom. The molecular formula is C26H27NO2S2. The highest BCUT2D eigenvalue weighted by molar-refractivity contribution is 7.92. The molecule has 0 bridgehead atoms. The van der Waals surface area contributed by atoms with E-state index in [1.54, 1.807) is 27.8 Å². The molecule has 2 heterocycles. The summed E-state index contributed by atoms with van der Waals surface area (Å²) in [4.78, 5) is 1.56. The molecule has 3 nitrogen and oxygen atoms in total. The number of hydrogen-bond acceptors (Lipinski definition) is 3. The normalized spacial score (nSPS) is 21.2. The number of aryl methyl sites for hydroxylation is 1. The lowest BCUT2D eigenvalue weighted by Gasteiger charge is -2.29. The monoisotopic (exact) mass is 449 g/mol. The van der Waals surface area contributed by atoms with Gasteiger partial charge in [-0.3, -0.25) is 4.31 Å². The second-order valence-corrected chi connectivity index (χ2v) is 11.5. The van der Waals surface area contributed by atoms with Crippen molar-refractivity contribution in [2.45, 2.75) is 49.3 Å². The number of para-hydroxylation sites is 1. The van der Waals surface area contributed by atoms with Crippen LogP contribution in [0.2, 0.25) is 0 Å². The molecule has 1 aliphatic heterocycles. The van der Waals surface area contributed by atoms with Gasteiger partial charge < -0.3 is 0 Å². The zero-order valence-corrected chi connectivity index (χ0v) is 19.4. The summed E-state index contributed by atoms with van der Waals surface area (Å²) in [6.07, 6.45) is 8.36. The molecule has 1 aliphatic carbocycles. The third-order valence-electron chi connectivity index (χ3n) is 6.56. The Balaban J connectivity index is 1.68. The van der Waals surface area contributed by atoms with E-state index in [9.17, 15) is 8.42 Å². The number of benzene rings is 2.